The van der Waals surface area contributed by atoms with Crippen LogP contribution in [0.1, 0.15) is 29.1 Å². The number of nitrogens with zero attached hydrogens (tertiary/aromatic N) is 2. The molecule has 0 spiro atoms. The fourth-order valence-electron chi connectivity index (χ4n) is 3.19. The van der Waals surface area contributed by atoms with E-state index in [9.17, 15) is 9.59 Å². The second-order valence-corrected chi connectivity index (χ2v) is 8.42. The van der Waals surface area contributed by atoms with Crippen molar-refractivity contribution in [2.24, 2.45) is 0 Å². The maximum atomic E-state index is 12.4. The van der Waals surface area contributed by atoms with Crippen molar-refractivity contribution in [3.63, 3.8) is 0 Å². The molecule has 5 nitrogen and oxygen atoms in total. The van der Waals surface area contributed by atoms with Crippen LogP contribution in [0, 0.1) is 0 Å². The highest BCUT2D eigenvalue weighted by molar-refractivity contribution is 7.98. The van der Waals surface area contributed by atoms with E-state index < -0.39 is 0 Å². The van der Waals surface area contributed by atoms with Gasteiger partial charge in [0.2, 0.25) is 5.91 Å². The molecular formula is C19H23N3O2S2. The number of fused-ring (bicyclic) bond motifs is 3. The second kappa shape index (κ2) is 8.68. The second-order valence-electron chi connectivity index (χ2n) is 6.23. The van der Waals surface area contributed by atoms with Gasteiger partial charge in [-0.25, -0.2) is 4.98 Å². The predicted octanol–water partition coefficient (Wildman–Crippen LogP) is 3.30. The van der Waals surface area contributed by atoms with Crippen LogP contribution in [0.4, 0.5) is 0 Å². The normalized spacial score (nSPS) is 12.9. The summed E-state index contributed by atoms with van der Waals surface area (Å²) >= 11 is 3.26. The number of thioether (sulfide) groups is 1. The Morgan fingerprint density at radius 1 is 1.31 bits per heavy atom. The molecule has 0 atom stereocenters. The van der Waals surface area contributed by atoms with E-state index in [1.54, 1.807) is 40.2 Å². The van der Waals surface area contributed by atoms with Gasteiger partial charge < -0.3 is 9.88 Å². The van der Waals surface area contributed by atoms with Gasteiger partial charge in [-0.2, -0.15) is 11.8 Å². The number of hydrogen-bond donors (Lipinski definition) is 1. The molecule has 1 amide bonds. The Kier molecular flexibility index (Phi) is 6.32. The quantitative estimate of drug-likeness (QED) is 0.528. The van der Waals surface area contributed by atoms with Gasteiger partial charge in [0.25, 0.3) is 5.56 Å². The molecule has 7 heteroatoms. The number of nitrogens with one attached hydrogen (secondary N) is 1. The van der Waals surface area contributed by atoms with Crippen LogP contribution >= 0.6 is 23.1 Å². The molecule has 2 aromatic rings. The Balaban J connectivity index is 1.57. The fourth-order valence-corrected chi connectivity index (χ4v) is 5.27. The van der Waals surface area contributed by atoms with E-state index in [-0.39, 0.29) is 11.5 Å². The van der Waals surface area contributed by atoms with E-state index in [4.69, 9.17) is 0 Å². The largest absolute Gasteiger partial charge is 0.335 e. The number of aromatic amines is 1. The van der Waals surface area contributed by atoms with E-state index in [0.717, 1.165) is 29.5 Å². The molecule has 138 valence electrons. The number of rotatable bonds is 9. The van der Waals surface area contributed by atoms with Crippen molar-refractivity contribution in [3.8, 4) is 0 Å². The van der Waals surface area contributed by atoms with Crippen molar-refractivity contribution in [2.75, 3.05) is 18.8 Å². The lowest BCUT2D eigenvalue weighted by molar-refractivity contribution is -0.129. The fraction of sp³-hybridized carbons (Fsp3) is 0.421. The molecule has 0 saturated carbocycles. The van der Waals surface area contributed by atoms with Gasteiger partial charge in [-0.3, -0.25) is 9.59 Å². The molecule has 1 aliphatic carbocycles. The summed E-state index contributed by atoms with van der Waals surface area (Å²) in [6.45, 7) is 8.42. The van der Waals surface area contributed by atoms with Gasteiger partial charge in [-0.15, -0.1) is 24.5 Å². The number of amides is 1. The predicted molar refractivity (Wildman–Crippen MR) is 110 cm³/mol. The third kappa shape index (κ3) is 4.10. The molecule has 0 radical (unpaired) electrons. The van der Waals surface area contributed by atoms with Crippen LogP contribution in [0.3, 0.4) is 0 Å². The Hall–Kier alpha value is -1.86. The van der Waals surface area contributed by atoms with Crippen LogP contribution in [-0.4, -0.2) is 39.6 Å². The summed E-state index contributed by atoms with van der Waals surface area (Å²) in [6.07, 6.45) is 7.08. The number of carbonyl (C=O) groups excluding carboxylic acids is 1. The molecule has 3 rings (SSSR count). The summed E-state index contributed by atoms with van der Waals surface area (Å²) in [7, 11) is 0. The molecule has 0 saturated heterocycles. The lowest BCUT2D eigenvalue weighted by Crippen LogP contribution is -2.31. The average molecular weight is 390 g/mol. The summed E-state index contributed by atoms with van der Waals surface area (Å²) < 4.78 is 0. The molecule has 1 N–H and O–H groups in total. The lowest BCUT2D eigenvalue weighted by Gasteiger charge is -2.18. The maximum absolute atomic E-state index is 12.4. The first-order valence-corrected chi connectivity index (χ1v) is 10.7. The van der Waals surface area contributed by atoms with Gasteiger partial charge in [-0.1, -0.05) is 12.2 Å². The van der Waals surface area contributed by atoms with Crippen LogP contribution in [0.5, 0.6) is 0 Å². The monoisotopic (exact) mass is 389 g/mol. The topological polar surface area (TPSA) is 66.1 Å². The number of aryl methyl sites for hydroxylation is 2. The average Bonchev–Trinajstić information content (AvgIpc) is 3.19. The van der Waals surface area contributed by atoms with Crippen LogP contribution in [0.2, 0.25) is 0 Å². The van der Waals surface area contributed by atoms with Crippen LogP contribution < -0.4 is 5.56 Å². The minimum Gasteiger partial charge on any atom is -0.335 e. The molecule has 0 fully saturated rings. The van der Waals surface area contributed by atoms with Crippen LogP contribution in [0.25, 0.3) is 10.2 Å². The van der Waals surface area contributed by atoms with Gasteiger partial charge >= 0.3 is 0 Å². The molecular weight excluding hydrogens is 366 g/mol. The minimum atomic E-state index is -0.0239. The van der Waals surface area contributed by atoms with E-state index in [1.165, 1.54) is 10.4 Å². The summed E-state index contributed by atoms with van der Waals surface area (Å²) in [5.41, 5.74) is 1.18. The molecule has 26 heavy (non-hydrogen) atoms. The van der Waals surface area contributed by atoms with Crippen molar-refractivity contribution < 1.29 is 4.79 Å². The van der Waals surface area contributed by atoms with Crippen molar-refractivity contribution in [1.82, 2.24) is 14.9 Å². The van der Waals surface area contributed by atoms with Crippen molar-refractivity contribution >= 4 is 39.2 Å². The molecule has 0 unspecified atom stereocenters. The van der Waals surface area contributed by atoms with Gasteiger partial charge in [0.15, 0.2) is 0 Å². The maximum Gasteiger partial charge on any atom is 0.259 e. The van der Waals surface area contributed by atoms with Gasteiger partial charge in [0.1, 0.15) is 10.7 Å². The number of thiophene rings is 1. The highest BCUT2D eigenvalue weighted by Crippen LogP contribution is 2.34. The molecule has 0 bridgehead atoms. The summed E-state index contributed by atoms with van der Waals surface area (Å²) in [5.74, 6) is 2.06. The van der Waals surface area contributed by atoms with Crippen LogP contribution in [-0.2, 0) is 23.4 Å². The lowest BCUT2D eigenvalue weighted by atomic mass is 10.2. The Bertz CT molecular complexity index is 875. The van der Waals surface area contributed by atoms with E-state index in [0.29, 0.717) is 36.8 Å². The van der Waals surface area contributed by atoms with E-state index >= 15 is 0 Å². The van der Waals surface area contributed by atoms with Gasteiger partial charge in [-0.05, 0) is 24.8 Å². The van der Waals surface area contributed by atoms with Crippen molar-refractivity contribution in [1.29, 1.82) is 0 Å². The summed E-state index contributed by atoms with van der Waals surface area (Å²) in [4.78, 5) is 36.0. The Labute approximate surface area is 161 Å². The zero-order valence-corrected chi connectivity index (χ0v) is 16.4. The first-order chi connectivity index (χ1) is 12.6. The number of H-pyrrole nitrogens is 1. The Morgan fingerprint density at radius 3 is 2.81 bits per heavy atom. The Morgan fingerprint density at radius 2 is 2.08 bits per heavy atom. The van der Waals surface area contributed by atoms with Crippen molar-refractivity contribution in [3.05, 3.63) is 51.9 Å². The summed E-state index contributed by atoms with van der Waals surface area (Å²) in [6, 6.07) is 0. The minimum absolute atomic E-state index is 0.0239. The molecule has 0 aliphatic heterocycles. The van der Waals surface area contributed by atoms with Crippen LogP contribution in [0.15, 0.2) is 30.1 Å². The van der Waals surface area contributed by atoms with E-state index in [2.05, 4.69) is 23.1 Å². The number of hydrogen-bond acceptors (Lipinski definition) is 5. The van der Waals surface area contributed by atoms with Crippen molar-refractivity contribution in [2.45, 2.75) is 31.4 Å². The van der Waals surface area contributed by atoms with Gasteiger partial charge in [0.05, 0.1) is 11.1 Å². The molecule has 2 aromatic heterocycles. The third-order valence-corrected chi connectivity index (χ3v) is 6.53. The first-order valence-electron chi connectivity index (χ1n) is 8.74. The summed E-state index contributed by atoms with van der Waals surface area (Å²) in [5, 5.41) is 0.788. The standard InChI is InChI=1S/C19H23N3O2S2/c1-3-9-22(10-4-2)16(23)8-11-25-12-15-20-18(24)17-13-6-5-7-14(13)26-19(17)21-15/h3-4H,1-2,5-12H2,(H,20,21,24). The smallest absolute Gasteiger partial charge is 0.259 e. The zero-order chi connectivity index (χ0) is 18.5. The molecule has 2 heterocycles. The van der Waals surface area contributed by atoms with E-state index in [1.807, 2.05) is 0 Å². The number of aromatic nitrogens is 2. The zero-order valence-electron chi connectivity index (χ0n) is 14.8. The highest BCUT2D eigenvalue weighted by atomic mass is 32.2. The highest BCUT2D eigenvalue weighted by Gasteiger charge is 2.21. The molecule has 0 aromatic carbocycles. The third-order valence-electron chi connectivity index (χ3n) is 4.37. The van der Waals surface area contributed by atoms with Gasteiger partial charge in [0, 0.05) is 30.1 Å². The first kappa shape index (κ1) is 18.9. The molecule has 1 aliphatic rings. The SMILES string of the molecule is C=CCN(CC=C)C(=O)CCSCc1nc2sc3c(c2c(=O)[nH]1)CCC3. The number of carbonyl (C=O) groups is 1.